The Hall–Kier alpha value is -2.34. The predicted octanol–water partition coefficient (Wildman–Crippen LogP) is 2.70. The van der Waals surface area contributed by atoms with Gasteiger partial charge in [0.1, 0.15) is 17.5 Å². The molecular formula is C21H32N6. The second-order valence-electron chi connectivity index (χ2n) is 7.58. The molecule has 1 aliphatic rings. The summed E-state index contributed by atoms with van der Waals surface area (Å²) in [5.74, 6) is 2.75. The number of hydrogen-bond donors (Lipinski definition) is 1. The van der Waals surface area contributed by atoms with Crippen LogP contribution in [0.15, 0.2) is 24.3 Å². The number of nitrogens with zero attached hydrogens (tertiary/aromatic N) is 5. The first-order valence-electron chi connectivity index (χ1n) is 9.74. The van der Waals surface area contributed by atoms with Crippen molar-refractivity contribution >= 4 is 17.3 Å². The summed E-state index contributed by atoms with van der Waals surface area (Å²) in [6.07, 6.45) is 0. The number of anilines is 3. The monoisotopic (exact) mass is 368 g/mol. The maximum absolute atomic E-state index is 4.68. The maximum Gasteiger partial charge on any atom is 0.134 e. The van der Waals surface area contributed by atoms with Gasteiger partial charge in [-0.05, 0) is 52.1 Å². The summed E-state index contributed by atoms with van der Waals surface area (Å²) in [7, 11) is 4.15. The third-order valence-corrected chi connectivity index (χ3v) is 5.21. The molecule has 27 heavy (non-hydrogen) atoms. The maximum atomic E-state index is 4.68. The first-order valence-corrected chi connectivity index (χ1v) is 9.74. The van der Waals surface area contributed by atoms with Crippen LogP contribution in [0.3, 0.4) is 0 Å². The Morgan fingerprint density at radius 2 is 1.70 bits per heavy atom. The van der Waals surface area contributed by atoms with Crippen molar-refractivity contribution in [3.63, 3.8) is 0 Å². The van der Waals surface area contributed by atoms with Gasteiger partial charge >= 0.3 is 0 Å². The molecule has 0 saturated carbocycles. The molecule has 0 aliphatic carbocycles. The van der Waals surface area contributed by atoms with E-state index in [1.165, 1.54) is 16.8 Å². The highest BCUT2D eigenvalue weighted by Gasteiger charge is 2.20. The van der Waals surface area contributed by atoms with Crippen LogP contribution >= 0.6 is 0 Å². The molecule has 0 unspecified atom stereocenters. The van der Waals surface area contributed by atoms with E-state index < -0.39 is 0 Å². The molecule has 2 aromatic rings. The van der Waals surface area contributed by atoms with Crippen LogP contribution in [0.4, 0.5) is 17.3 Å². The zero-order chi connectivity index (χ0) is 19.4. The molecule has 1 aliphatic heterocycles. The number of rotatable bonds is 6. The molecule has 1 aromatic carbocycles. The number of piperazine rings is 1. The fourth-order valence-corrected chi connectivity index (χ4v) is 3.47. The van der Waals surface area contributed by atoms with Gasteiger partial charge in [0.05, 0.1) is 0 Å². The first-order chi connectivity index (χ1) is 12.9. The topological polar surface area (TPSA) is 47.5 Å². The fraction of sp³-hybridized carbons (Fsp3) is 0.524. The number of aromatic nitrogens is 2. The molecule has 1 fully saturated rings. The van der Waals surface area contributed by atoms with Gasteiger partial charge < -0.3 is 20.0 Å². The summed E-state index contributed by atoms with van der Waals surface area (Å²) in [6.45, 7) is 12.2. The molecular weight excluding hydrogens is 336 g/mol. The molecule has 6 heteroatoms. The Kier molecular flexibility index (Phi) is 6.16. The summed E-state index contributed by atoms with van der Waals surface area (Å²) >= 11 is 0. The van der Waals surface area contributed by atoms with Crippen LogP contribution in [-0.4, -0.2) is 68.2 Å². The van der Waals surface area contributed by atoms with Gasteiger partial charge in [0.15, 0.2) is 0 Å². The van der Waals surface area contributed by atoms with Gasteiger partial charge in [0.25, 0.3) is 0 Å². The van der Waals surface area contributed by atoms with Crippen LogP contribution in [-0.2, 0) is 0 Å². The highest BCUT2D eigenvalue weighted by Crippen LogP contribution is 2.25. The minimum Gasteiger partial charge on any atom is -0.369 e. The third-order valence-electron chi connectivity index (χ3n) is 5.21. The van der Waals surface area contributed by atoms with Crippen molar-refractivity contribution in [2.24, 2.45) is 0 Å². The lowest BCUT2D eigenvalue weighted by molar-refractivity contribution is 0.425. The molecule has 3 rings (SSSR count). The molecule has 146 valence electrons. The van der Waals surface area contributed by atoms with Crippen molar-refractivity contribution < 1.29 is 0 Å². The van der Waals surface area contributed by atoms with Gasteiger partial charge in [0, 0.05) is 51.0 Å². The van der Waals surface area contributed by atoms with Gasteiger partial charge in [-0.25, -0.2) is 9.97 Å². The van der Waals surface area contributed by atoms with Gasteiger partial charge in [-0.15, -0.1) is 0 Å². The van der Waals surface area contributed by atoms with Gasteiger partial charge in [0.2, 0.25) is 0 Å². The van der Waals surface area contributed by atoms with Crippen molar-refractivity contribution in [1.82, 2.24) is 14.9 Å². The zero-order valence-corrected chi connectivity index (χ0v) is 17.3. The van der Waals surface area contributed by atoms with Crippen LogP contribution < -0.4 is 15.1 Å². The Labute approximate surface area is 163 Å². The van der Waals surface area contributed by atoms with Crippen molar-refractivity contribution in [2.45, 2.75) is 20.8 Å². The molecule has 1 saturated heterocycles. The Morgan fingerprint density at radius 3 is 2.41 bits per heavy atom. The third kappa shape index (κ3) is 4.89. The second-order valence-corrected chi connectivity index (χ2v) is 7.58. The van der Waals surface area contributed by atoms with E-state index in [9.17, 15) is 0 Å². The lowest BCUT2D eigenvalue weighted by Crippen LogP contribution is -2.47. The summed E-state index contributed by atoms with van der Waals surface area (Å²) in [5, 5.41) is 3.41. The summed E-state index contributed by atoms with van der Waals surface area (Å²) in [6, 6.07) is 8.66. The van der Waals surface area contributed by atoms with Crippen molar-refractivity contribution in [1.29, 1.82) is 0 Å². The molecule has 6 nitrogen and oxygen atoms in total. The van der Waals surface area contributed by atoms with Crippen LogP contribution in [0.25, 0.3) is 0 Å². The van der Waals surface area contributed by atoms with E-state index in [1.807, 2.05) is 6.92 Å². The smallest absolute Gasteiger partial charge is 0.134 e. The Balaban J connectivity index is 1.65. The Morgan fingerprint density at radius 1 is 1.00 bits per heavy atom. The van der Waals surface area contributed by atoms with E-state index in [2.05, 4.69) is 82.2 Å². The molecule has 1 aromatic heterocycles. The van der Waals surface area contributed by atoms with Crippen LogP contribution in [0.1, 0.15) is 17.0 Å². The van der Waals surface area contributed by atoms with E-state index in [0.717, 1.165) is 56.7 Å². The van der Waals surface area contributed by atoms with Crippen LogP contribution in [0, 0.1) is 20.8 Å². The average Bonchev–Trinajstić information content (AvgIpc) is 2.63. The Bertz CT molecular complexity index is 765. The van der Waals surface area contributed by atoms with E-state index >= 15 is 0 Å². The number of aryl methyl sites for hydroxylation is 2. The summed E-state index contributed by atoms with van der Waals surface area (Å²) < 4.78 is 0. The minimum atomic E-state index is 0.816. The number of likely N-dealkylation sites (N-methyl/N-ethyl adjacent to an activating group) is 1. The van der Waals surface area contributed by atoms with Gasteiger partial charge in [-0.3, -0.25) is 0 Å². The number of hydrogen-bond acceptors (Lipinski definition) is 6. The molecule has 1 N–H and O–H groups in total. The quantitative estimate of drug-likeness (QED) is 0.846. The molecule has 0 spiro atoms. The minimum absolute atomic E-state index is 0.816. The molecule has 2 heterocycles. The molecule has 0 amide bonds. The van der Waals surface area contributed by atoms with Crippen molar-refractivity contribution in [3.8, 4) is 0 Å². The molecule has 0 bridgehead atoms. The predicted molar refractivity (Wildman–Crippen MR) is 114 cm³/mol. The highest BCUT2D eigenvalue weighted by molar-refractivity contribution is 5.58. The largest absolute Gasteiger partial charge is 0.369 e. The van der Waals surface area contributed by atoms with E-state index in [1.54, 1.807) is 0 Å². The number of benzene rings is 1. The van der Waals surface area contributed by atoms with Crippen LogP contribution in [0.5, 0.6) is 0 Å². The van der Waals surface area contributed by atoms with E-state index in [0.29, 0.717) is 0 Å². The van der Waals surface area contributed by atoms with E-state index in [-0.39, 0.29) is 0 Å². The zero-order valence-electron chi connectivity index (χ0n) is 17.3. The number of nitrogens with one attached hydrogen (secondary N) is 1. The SMILES string of the molecule is Cc1nc(NCCN(C)C)cc(N2CCN(c3cccc(C)c3C)CC2)n1. The normalized spacial score (nSPS) is 14.7. The van der Waals surface area contributed by atoms with Gasteiger partial charge in [-0.1, -0.05) is 12.1 Å². The van der Waals surface area contributed by atoms with Gasteiger partial charge in [-0.2, -0.15) is 0 Å². The lowest BCUT2D eigenvalue weighted by Gasteiger charge is -2.37. The summed E-state index contributed by atoms with van der Waals surface area (Å²) in [5.41, 5.74) is 4.10. The lowest BCUT2D eigenvalue weighted by atomic mass is 10.1. The standard InChI is InChI=1S/C21H32N6/c1-16-7-6-8-19(17(16)2)26-11-13-27(14-12-26)21-15-20(23-18(3)24-21)22-9-10-25(4)5/h6-8,15H,9-14H2,1-5H3,(H,22,23,24). The first kappa shape index (κ1) is 19.4. The van der Waals surface area contributed by atoms with E-state index in [4.69, 9.17) is 0 Å². The summed E-state index contributed by atoms with van der Waals surface area (Å²) in [4.78, 5) is 16.2. The van der Waals surface area contributed by atoms with Crippen LogP contribution in [0.2, 0.25) is 0 Å². The second kappa shape index (κ2) is 8.57. The van der Waals surface area contributed by atoms with Crippen molar-refractivity contribution in [3.05, 3.63) is 41.2 Å². The van der Waals surface area contributed by atoms with Crippen molar-refractivity contribution in [2.75, 3.05) is 68.5 Å². The molecule has 0 radical (unpaired) electrons. The molecule has 0 atom stereocenters. The highest BCUT2D eigenvalue weighted by atomic mass is 15.3. The fourth-order valence-electron chi connectivity index (χ4n) is 3.47. The average molecular weight is 369 g/mol.